The largest absolute Gasteiger partial charge is 0.370 e. The van der Waals surface area contributed by atoms with E-state index in [2.05, 4.69) is 52.5 Å². The summed E-state index contributed by atoms with van der Waals surface area (Å²) in [7, 11) is 0. The molecule has 0 spiro atoms. The van der Waals surface area contributed by atoms with E-state index >= 15 is 0 Å². The third kappa shape index (κ3) is 1.95. The van der Waals surface area contributed by atoms with E-state index in [1.807, 2.05) is 6.07 Å². The lowest BCUT2D eigenvalue weighted by Gasteiger charge is -2.01. The van der Waals surface area contributed by atoms with Crippen molar-refractivity contribution in [3.8, 4) is 10.4 Å². The van der Waals surface area contributed by atoms with Crippen LogP contribution < -0.4 is 5.32 Å². The summed E-state index contributed by atoms with van der Waals surface area (Å²) in [6.45, 7) is 2.93. The van der Waals surface area contributed by atoms with Crippen molar-refractivity contribution in [2.75, 3.05) is 11.9 Å². The number of aromatic nitrogens is 2. The van der Waals surface area contributed by atoms with Crippen LogP contribution >= 0.6 is 11.3 Å². The molecule has 1 N–H and O–H groups in total. The first-order valence-electron chi connectivity index (χ1n) is 5.92. The standard InChI is InChI=1S/C14H13N3S/c1-2-15-13-11-8-12(10-6-4-3-5-7-10)18-14(11)17-9-16-13/h3-9H,2H2,1H3,(H,15,16,17). The molecule has 3 nitrogen and oxygen atoms in total. The van der Waals surface area contributed by atoms with E-state index in [9.17, 15) is 0 Å². The number of rotatable bonds is 3. The van der Waals surface area contributed by atoms with E-state index in [-0.39, 0.29) is 0 Å². The summed E-state index contributed by atoms with van der Waals surface area (Å²) in [4.78, 5) is 10.9. The predicted molar refractivity (Wildman–Crippen MR) is 77.0 cm³/mol. The average Bonchev–Trinajstić information content (AvgIpc) is 2.85. The Morgan fingerprint density at radius 1 is 1.17 bits per heavy atom. The molecular formula is C14H13N3S. The first-order valence-corrected chi connectivity index (χ1v) is 6.74. The van der Waals surface area contributed by atoms with Gasteiger partial charge in [0.1, 0.15) is 17.0 Å². The van der Waals surface area contributed by atoms with Gasteiger partial charge in [-0.1, -0.05) is 30.3 Å². The molecule has 0 radical (unpaired) electrons. The molecule has 1 aromatic carbocycles. The summed E-state index contributed by atoms with van der Waals surface area (Å²) in [6, 6.07) is 12.5. The van der Waals surface area contributed by atoms with E-state index in [0.717, 1.165) is 22.6 Å². The van der Waals surface area contributed by atoms with Gasteiger partial charge in [-0.05, 0) is 18.6 Å². The van der Waals surface area contributed by atoms with Crippen molar-refractivity contribution in [2.24, 2.45) is 0 Å². The molecule has 18 heavy (non-hydrogen) atoms. The van der Waals surface area contributed by atoms with Gasteiger partial charge in [-0.2, -0.15) is 0 Å². The molecule has 0 aliphatic heterocycles. The summed E-state index contributed by atoms with van der Waals surface area (Å²) in [5.74, 6) is 0.918. The predicted octanol–water partition coefficient (Wildman–Crippen LogP) is 3.79. The van der Waals surface area contributed by atoms with Crippen molar-refractivity contribution < 1.29 is 0 Å². The minimum Gasteiger partial charge on any atom is -0.370 e. The van der Waals surface area contributed by atoms with E-state index in [0.29, 0.717) is 0 Å². The zero-order valence-electron chi connectivity index (χ0n) is 10.1. The molecule has 90 valence electrons. The lowest BCUT2D eigenvalue weighted by atomic mass is 10.2. The van der Waals surface area contributed by atoms with Crippen LogP contribution in [0.2, 0.25) is 0 Å². The van der Waals surface area contributed by atoms with Crippen molar-refractivity contribution in [1.29, 1.82) is 0 Å². The second kappa shape index (κ2) is 4.74. The van der Waals surface area contributed by atoms with Gasteiger partial charge in [-0.3, -0.25) is 0 Å². The second-order valence-electron chi connectivity index (χ2n) is 3.95. The molecule has 4 heteroatoms. The number of thiophene rings is 1. The summed E-state index contributed by atoms with van der Waals surface area (Å²) >= 11 is 1.70. The first-order chi connectivity index (χ1) is 8.88. The summed E-state index contributed by atoms with van der Waals surface area (Å²) < 4.78 is 0. The quantitative estimate of drug-likeness (QED) is 0.773. The Balaban J connectivity index is 2.14. The molecule has 0 bridgehead atoms. The smallest absolute Gasteiger partial charge is 0.138 e. The van der Waals surface area contributed by atoms with Crippen molar-refractivity contribution in [3.05, 3.63) is 42.7 Å². The Labute approximate surface area is 110 Å². The van der Waals surface area contributed by atoms with Crippen LogP contribution in [0.1, 0.15) is 6.92 Å². The molecular weight excluding hydrogens is 242 g/mol. The number of nitrogens with one attached hydrogen (secondary N) is 1. The van der Waals surface area contributed by atoms with Gasteiger partial charge in [0, 0.05) is 11.4 Å². The van der Waals surface area contributed by atoms with Crippen molar-refractivity contribution >= 4 is 27.4 Å². The third-order valence-electron chi connectivity index (χ3n) is 2.73. The molecule has 0 amide bonds. The molecule has 0 atom stereocenters. The molecule has 0 saturated carbocycles. The monoisotopic (exact) mass is 255 g/mol. The highest BCUT2D eigenvalue weighted by Gasteiger charge is 2.08. The molecule has 2 aromatic heterocycles. The summed E-state index contributed by atoms with van der Waals surface area (Å²) in [5.41, 5.74) is 1.22. The normalized spacial score (nSPS) is 10.7. The highest BCUT2D eigenvalue weighted by molar-refractivity contribution is 7.21. The number of hydrogen-bond acceptors (Lipinski definition) is 4. The van der Waals surface area contributed by atoms with Crippen LogP contribution in [-0.4, -0.2) is 16.5 Å². The number of anilines is 1. The number of benzene rings is 1. The molecule has 0 aliphatic rings. The molecule has 3 aromatic rings. The topological polar surface area (TPSA) is 37.8 Å². The van der Waals surface area contributed by atoms with Crippen molar-refractivity contribution in [3.63, 3.8) is 0 Å². The van der Waals surface area contributed by atoms with Gasteiger partial charge in [0.05, 0.1) is 5.39 Å². The van der Waals surface area contributed by atoms with Crippen LogP contribution in [0.3, 0.4) is 0 Å². The summed E-state index contributed by atoms with van der Waals surface area (Å²) in [5, 5.41) is 4.37. The number of nitrogens with zero attached hydrogens (tertiary/aromatic N) is 2. The lowest BCUT2D eigenvalue weighted by molar-refractivity contribution is 1.14. The maximum atomic E-state index is 4.34. The van der Waals surface area contributed by atoms with E-state index < -0.39 is 0 Å². The van der Waals surface area contributed by atoms with Crippen LogP contribution in [0.15, 0.2) is 42.7 Å². The number of fused-ring (bicyclic) bond motifs is 1. The Morgan fingerprint density at radius 3 is 2.78 bits per heavy atom. The second-order valence-corrected chi connectivity index (χ2v) is 4.98. The van der Waals surface area contributed by atoms with Crippen LogP contribution in [0.4, 0.5) is 5.82 Å². The Hall–Kier alpha value is -1.94. The number of hydrogen-bond donors (Lipinski definition) is 1. The molecule has 0 fully saturated rings. The van der Waals surface area contributed by atoms with Crippen LogP contribution in [0.5, 0.6) is 0 Å². The highest BCUT2D eigenvalue weighted by Crippen LogP contribution is 2.34. The van der Waals surface area contributed by atoms with Crippen LogP contribution in [0, 0.1) is 0 Å². The van der Waals surface area contributed by atoms with E-state index in [1.54, 1.807) is 17.7 Å². The van der Waals surface area contributed by atoms with Gasteiger partial charge in [-0.25, -0.2) is 9.97 Å². The van der Waals surface area contributed by atoms with E-state index in [1.165, 1.54) is 10.4 Å². The van der Waals surface area contributed by atoms with Gasteiger partial charge < -0.3 is 5.32 Å². The zero-order valence-corrected chi connectivity index (χ0v) is 10.9. The average molecular weight is 255 g/mol. The van der Waals surface area contributed by atoms with Gasteiger partial charge >= 0.3 is 0 Å². The zero-order chi connectivity index (χ0) is 12.4. The fourth-order valence-electron chi connectivity index (χ4n) is 1.91. The highest BCUT2D eigenvalue weighted by atomic mass is 32.1. The molecule has 0 saturated heterocycles. The minimum absolute atomic E-state index is 0.864. The first kappa shape index (κ1) is 11.2. The molecule has 0 unspecified atom stereocenters. The van der Waals surface area contributed by atoms with Gasteiger partial charge in [0.15, 0.2) is 0 Å². The van der Waals surface area contributed by atoms with Gasteiger partial charge in [0.2, 0.25) is 0 Å². The maximum absolute atomic E-state index is 4.34. The van der Waals surface area contributed by atoms with Gasteiger partial charge in [0.25, 0.3) is 0 Å². The van der Waals surface area contributed by atoms with Gasteiger partial charge in [-0.15, -0.1) is 11.3 Å². The van der Waals surface area contributed by atoms with Crippen molar-refractivity contribution in [2.45, 2.75) is 6.92 Å². The van der Waals surface area contributed by atoms with Crippen molar-refractivity contribution in [1.82, 2.24) is 9.97 Å². The lowest BCUT2D eigenvalue weighted by Crippen LogP contribution is -1.99. The Bertz CT molecular complexity index is 661. The summed E-state index contributed by atoms with van der Waals surface area (Å²) in [6.07, 6.45) is 1.62. The fraction of sp³-hybridized carbons (Fsp3) is 0.143. The third-order valence-corrected chi connectivity index (χ3v) is 3.82. The fourth-order valence-corrected chi connectivity index (χ4v) is 2.91. The molecule has 2 heterocycles. The molecule has 3 rings (SSSR count). The Morgan fingerprint density at radius 2 is 2.00 bits per heavy atom. The molecule has 0 aliphatic carbocycles. The van der Waals surface area contributed by atoms with Crippen LogP contribution in [-0.2, 0) is 0 Å². The maximum Gasteiger partial charge on any atom is 0.138 e. The van der Waals surface area contributed by atoms with Crippen LogP contribution in [0.25, 0.3) is 20.7 Å². The van der Waals surface area contributed by atoms with E-state index in [4.69, 9.17) is 0 Å². The SMILES string of the molecule is CCNc1ncnc2sc(-c3ccccc3)cc12. The Kier molecular flexibility index (Phi) is 2.94. The minimum atomic E-state index is 0.864.